The van der Waals surface area contributed by atoms with Crippen LogP contribution in [0.15, 0.2) is 42.5 Å². The number of carbonyl (C=O) groups is 1. The molecule has 0 saturated heterocycles. The molecule has 0 unspecified atom stereocenters. The van der Waals surface area contributed by atoms with Crippen molar-refractivity contribution in [1.82, 2.24) is 0 Å². The molecule has 2 aromatic rings. The van der Waals surface area contributed by atoms with Crippen LogP contribution in [0.3, 0.4) is 0 Å². The van der Waals surface area contributed by atoms with Crippen molar-refractivity contribution >= 4 is 11.6 Å². The number of nitrogens with one attached hydrogen (secondary N) is 1. The summed E-state index contributed by atoms with van der Waals surface area (Å²) >= 11 is 0. The Balaban J connectivity index is 1.65. The van der Waals surface area contributed by atoms with Gasteiger partial charge in [0.05, 0.1) is 0 Å². The standard InChI is InChI=1S/C17H17NO4/c1-11-5-3-4-6-14(11)22-12(2)17(19)18-13-7-8-15-16(9-13)21-10-20-15/h3-9,12H,10H2,1-2H3,(H,18,19)/t12-/m1/s1. The van der Waals surface area contributed by atoms with E-state index in [0.717, 1.165) is 5.56 Å². The number of rotatable bonds is 4. The van der Waals surface area contributed by atoms with Gasteiger partial charge in [-0.3, -0.25) is 4.79 Å². The molecule has 0 spiro atoms. The van der Waals surface area contributed by atoms with Gasteiger partial charge in [0, 0.05) is 11.8 Å². The van der Waals surface area contributed by atoms with Crippen LogP contribution in [0, 0.1) is 6.92 Å². The molecule has 1 N–H and O–H groups in total. The number of fused-ring (bicyclic) bond motifs is 1. The minimum Gasteiger partial charge on any atom is -0.481 e. The van der Waals surface area contributed by atoms with Crippen LogP contribution in [0.2, 0.25) is 0 Å². The summed E-state index contributed by atoms with van der Waals surface area (Å²) in [7, 11) is 0. The first kappa shape index (κ1) is 14.3. The fourth-order valence-corrected chi connectivity index (χ4v) is 2.15. The highest BCUT2D eigenvalue weighted by molar-refractivity contribution is 5.94. The molecule has 0 aliphatic carbocycles. The minimum absolute atomic E-state index is 0.208. The number of hydrogen-bond acceptors (Lipinski definition) is 4. The van der Waals surface area contributed by atoms with Crippen LogP contribution in [0.5, 0.6) is 17.2 Å². The van der Waals surface area contributed by atoms with E-state index in [1.165, 1.54) is 0 Å². The maximum atomic E-state index is 12.2. The van der Waals surface area contributed by atoms with Gasteiger partial charge in [-0.25, -0.2) is 0 Å². The van der Waals surface area contributed by atoms with Gasteiger partial charge in [-0.2, -0.15) is 0 Å². The van der Waals surface area contributed by atoms with Crippen LogP contribution in [0.25, 0.3) is 0 Å². The first-order valence-corrected chi connectivity index (χ1v) is 7.06. The first-order valence-electron chi connectivity index (χ1n) is 7.06. The summed E-state index contributed by atoms with van der Waals surface area (Å²) < 4.78 is 16.2. The highest BCUT2D eigenvalue weighted by Crippen LogP contribution is 2.34. The van der Waals surface area contributed by atoms with Crippen LogP contribution in [0.4, 0.5) is 5.69 Å². The molecule has 0 aromatic heterocycles. The molecule has 22 heavy (non-hydrogen) atoms. The highest BCUT2D eigenvalue weighted by Gasteiger charge is 2.18. The third kappa shape index (κ3) is 2.98. The lowest BCUT2D eigenvalue weighted by Gasteiger charge is -2.16. The summed E-state index contributed by atoms with van der Waals surface area (Å²) in [6, 6.07) is 12.9. The van der Waals surface area contributed by atoms with Crippen LogP contribution < -0.4 is 19.5 Å². The Labute approximate surface area is 128 Å². The molecule has 1 aliphatic heterocycles. The highest BCUT2D eigenvalue weighted by atomic mass is 16.7. The lowest BCUT2D eigenvalue weighted by atomic mass is 10.2. The smallest absolute Gasteiger partial charge is 0.265 e. The van der Waals surface area contributed by atoms with Crippen molar-refractivity contribution in [3.63, 3.8) is 0 Å². The summed E-state index contributed by atoms with van der Waals surface area (Å²) in [5.41, 5.74) is 1.64. The Kier molecular flexibility index (Phi) is 3.87. The van der Waals surface area contributed by atoms with E-state index in [1.54, 1.807) is 25.1 Å². The Hall–Kier alpha value is -2.69. The van der Waals surface area contributed by atoms with E-state index in [2.05, 4.69) is 5.32 Å². The number of carbonyl (C=O) groups excluding carboxylic acids is 1. The quantitative estimate of drug-likeness (QED) is 0.942. The summed E-state index contributed by atoms with van der Waals surface area (Å²) in [6.45, 7) is 3.87. The van der Waals surface area contributed by atoms with E-state index in [9.17, 15) is 4.79 Å². The summed E-state index contributed by atoms with van der Waals surface area (Å²) in [4.78, 5) is 12.2. The summed E-state index contributed by atoms with van der Waals surface area (Å²) in [6.07, 6.45) is -0.605. The molecule has 0 fully saturated rings. The molecular weight excluding hydrogens is 282 g/mol. The van der Waals surface area contributed by atoms with Crippen LogP contribution in [-0.2, 0) is 4.79 Å². The van der Waals surface area contributed by atoms with Gasteiger partial charge in [-0.05, 0) is 37.6 Å². The predicted molar refractivity (Wildman–Crippen MR) is 82.5 cm³/mol. The number of amides is 1. The Bertz CT molecular complexity index is 699. The Morgan fingerprint density at radius 1 is 1.18 bits per heavy atom. The molecule has 1 heterocycles. The topological polar surface area (TPSA) is 56.8 Å². The molecule has 0 bridgehead atoms. The SMILES string of the molecule is Cc1ccccc1O[C@H](C)C(=O)Nc1ccc2c(c1)OCO2. The van der Waals surface area contributed by atoms with E-state index in [4.69, 9.17) is 14.2 Å². The molecule has 3 rings (SSSR count). The molecule has 2 aromatic carbocycles. The van der Waals surface area contributed by atoms with Gasteiger partial charge in [0.25, 0.3) is 5.91 Å². The van der Waals surface area contributed by atoms with Crippen LogP contribution in [0.1, 0.15) is 12.5 Å². The molecular formula is C17H17NO4. The number of ether oxygens (including phenoxy) is 3. The van der Waals surface area contributed by atoms with Crippen molar-refractivity contribution in [3.05, 3.63) is 48.0 Å². The predicted octanol–water partition coefficient (Wildman–Crippen LogP) is 3.13. The normalized spacial score (nSPS) is 13.5. The van der Waals surface area contributed by atoms with Gasteiger partial charge in [-0.1, -0.05) is 18.2 Å². The molecule has 114 valence electrons. The molecule has 1 aliphatic rings. The lowest BCUT2D eigenvalue weighted by Crippen LogP contribution is -2.30. The van der Waals surface area contributed by atoms with Gasteiger partial charge < -0.3 is 19.5 Å². The van der Waals surface area contributed by atoms with Crippen molar-refractivity contribution in [1.29, 1.82) is 0 Å². The average Bonchev–Trinajstić information content (AvgIpc) is 2.97. The van der Waals surface area contributed by atoms with Gasteiger partial charge in [0.15, 0.2) is 17.6 Å². The van der Waals surface area contributed by atoms with Crippen LogP contribution >= 0.6 is 0 Å². The summed E-state index contributed by atoms with van der Waals surface area (Å²) in [5.74, 6) is 1.80. The number of aryl methyl sites for hydroxylation is 1. The van der Waals surface area contributed by atoms with Gasteiger partial charge >= 0.3 is 0 Å². The first-order chi connectivity index (χ1) is 10.6. The average molecular weight is 299 g/mol. The van der Waals surface area contributed by atoms with Crippen molar-refractivity contribution in [2.75, 3.05) is 12.1 Å². The van der Waals surface area contributed by atoms with E-state index in [1.807, 2.05) is 31.2 Å². The lowest BCUT2D eigenvalue weighted by molar-refractivity contribution is -0.122. The molecule has 5 nitrogen and oxygen atoms in total. The third-order valence-electron chi connectivity index (χ3n) is 3.41. The van der Waals surface area contributed by atoms with Crippen molar-refractivity contribution in [2.45, 2.75) is 20.0 Å². The number of para-hydroxylation sites is 1. The zero-order valence-corrected chi connectivity index (χ0v) is 12.5. The summed E-state index contributed by atoms with van der Waals surface area (Å²) in [5, 5.41) is 2.81. The molecule has 0 radical (unpaired) electrons. The molecule has 0 saturated carbocycles. The monoisotopic (exact) mass is 299 g/mol. The maximum Gasteiger partial charge on any atom is 0.265 e. The van der Waals surface area contributed by atoms with E-state index >= 15 is 0 Å². The van der Waals surface area contributed by atoms with Crippen molar-refractivity contribution in [2.24, 2.45) is 0 Å². The fraction of sp³-hybridized carbons (Fsp3) is 0.235. The number of benzene rings is 2. The molecule has 1 amide bonds. The third-order valence-corrected chi connectivity index (χ3v) is 3.41. The van der Waals surface area contributed by atoms with Gasteiger partial charge in [-0.15, -0.1) is 0 Å². The molecule has 1 atom stereocenters. The van der Waals surface area contributed by atoms with Gasteiger partial charge in [0.2, 0.25) is 6.79 Å². The Morgan fingerprint density at radius 3 is 2.77 bits per heavy atom. The van der Waals surface area contributed by atoms with Crippen molar-refractivity contribution in [3.8, 4) is 17.2 Å². The number of hydrogen-bond donors (Lipinski definition) is 1. The van der Waals surface area contributed by atoms with Gasteiger partial charge in [0.1, 0.15) is 5.75 Å². The van der Waals surface area contributed by atoms with E-state index < -0.39 is 6.10 Å². The second-order valence-electron chi connectivity index (χ2n) is 5.08. The maximum absolute atomic E-state index is 12.2. The fourth-order valence-electron chi connectivity index (χ4n) is 2.15. The van der Waals surface area contributed by atoms with E-state index in [0.29, 0.717) is 22.9 Å². The Morgan fingerprint density at radius 2 is 1.95 bits per heavy atom. The minimum atomic E-state index is -0.605. The number of anilines is 1. The largest absolute Gasteiger partial charge is 0.481 e. The van der Waals surface area contributed by atoms with Crippen molar-refractivity contribution < 1.29 is 19.0 Å². The second kappa shape index (κ2) is 5.97. The molecule has 5 heteroatoms. The zero-order chi connectivity index (χ0) is 15.5. The van der Waals surface area contributed by atoms with Crippen LogP contribution in [-0.4, -0.2) is 18.8 Å². The second-order valence-corrected chi connectivity index (χ2v) is 5.08. The van der Waals surface area contributed by atoms with E-state index in [-0.39, 0.29) is 12.7 Å². The zero-order valence-electron chi connectivity index (χ0n) is 12.5.